The maximum Gasteiger partial charge on any atom is 0.418 e. The molecule has 28 heavy (non-hydrogen) atoms. The Kier molecular flexibility index (Phi) is 6.30. The zero-order chi connectivity index (χ0) is 20.3. The van der Waals surface area contributed by atoms with Gasteiger partial charge in [0.1, 0.15) is 0 Å². The summed E-state index contributed by atoms with van der Waals surface area (Å²) in [4.78, 5) is 14.8. The molecular weight excluding hydrogens is 389 g/mol. The molecule has 1 fully saturated rings. The van der Waals surface area contributed by atoms with Crippen LogP contribution in [0.5, 0.6) is 0 Å². The molecule has 0 aromatic heterocycles. The number of likely N-dealkylation sites (tertiary alicyclic amines) is 1. The van der Waals surface area contributed by atoms with E-state index in [1.807, 2.05) is 12.1 Å². The van der Waals surface area contributed by atoms with E-state index in [1.54, 1.807) is 12.1 Å². The summed E-state index contributed by atoms with van der Waals surface area (Å²) in [5.74, 6) is 0.169. The number of carbonyl (C=O) groups is 1. The van der Waals surface area contributed by atoms with Crippen molar-refractivity contribution in [3.05, 3.63) is 64.2 Å². The number of anilines is 1. The molecule has 3 rings (SSSR count). The smallest absolute Gasteiger partial charge is 0.321 e. The molecule has 150 valence electrons. The van der Waals surface area contributed by atoms with Gasteiger partial charge in [0.15, 0.2) is 0 Å². The molecule has 0 bridgehead atoms. The second-order valence-electron chi connectivity index (χ2n) is 7.30. The van der Waals surface area contributed by atoms with Gasteiger partial charge in [-0.1, -0.05) is 30.7 Å². The highest BCUT2D eigenvalue weighted by Crippen LogP contribution is 2.36. The quantitative estimate of drug-likeness (QED) is 0.686. The van der Waals surface area contributed by atoms with E-state index >= 15 is 0 Å². The van der Waals surface area contributed by atoms with Gasteiger partial charge in [-0.2, -0.15) is 13.2 Å². The fourth-order valence-corrected chi connectivity index (χ4v) is 3.47. The zero-order valence-electron chi connectivity index (χ0n) is 15.5. The highest BCUT2D eigenvalue weighted by Gasteiger charge is 2.34. The van der Waals surface area contributed by atoms with Crippen molar-refractivity contribution < 1.29 is 18.0 Å². The first kappa shape index (κ1) is 20.7. The molecule has 1 saturated heterocycles. The Balaban J connectivity index is 1.67. The van der Waals surface area contributed by atoms with Crippen molar-refractivity contribution in [2.75, 3.05) is 18.4 Å². The Morgan fingerprint density at radius 1 is 1.14 bits per heavy atom. The number of nitrogens with one attached hydrogen (secondary N) is 1. The summed E-state index contributed by atoms with van der Waals surface area (Å²) in [5.41, 5.74) is 0.102. The topological polar surface area (TPSA) is 32.3 Å². The van der Waals surface area contributed by atoms with Crippen LogP contribution in [0, 0.1) is 5.92 Å². The minimum absolute atomic E-state index is 0.0400. The van der Waals surface area contributed by atoms with E-state index in [2.05, 4.69) is 17.1 Å². The number of amides is 1. The summed E-state index contributed by atoms with van der Waals surface area (Å²) in [6.45, 7) is 5.18. The molecule has 0 radical (unpaired) electrons. The second-order valence-corrected chi connectivity index (χ2v) is 7.73. The van der Waals surface area contributed by atoms with Crippen LogP contribution in [0.25, 0.3) is 0 Å². The molecule has 0 spiro atoms. The summed E-state index contributed by atoms with van der Waals surface area (Å²) in [5, 5.41) is 2.30. The number of nitrogens with zero attached hydrogens (tertiary/aromatic N) is 1. The molecule has 1 heterocycles. The van der Waals surface area contributed by atoms with Gasteiger partial charge in [0.2, 0.25) is 0 Å². The average molecular weight is 411 g/mol. The lowest BCUT2D eigenvalue weighted by Crippen LogP contribution is -2.32. The molecule has 1 amide bonds. The minimum Gasteiger partial charge on any atom is -0.321 e. The highest BCUT2D eigenvalue weighted by molar-refractivity contribution is 6.30. The summed E-state index contributed by atoms with van der Waals surface area (Å²) in [6, 6.07) is 10.3. The van der Waals surface area contributed by atoms with Gasteiger partial charge in [0, 0.05) is 17.1 Å². The number of halogens is 4. The van der Waals surface area contributed by atoms with Gasteiger partial charge in [-0.3, -0.25) is 9.69 Å². The first-order chi connectivity index (χ1) is 13.2. The third-order valence-corrected chi connectivity index (χ3v) is 5.27. The zero-order valence-corrected chi connectivity index (χ0v) is 16.3. The van der Waals surface area contributed by atoms with Crippen LogP contribution in [0.1, 0.15) is 41.3 Å². The van der Waals surface area contributed by atoms with E-state index in [-0.39, 0.29) is 10.7 Å². The first-order valence-corrected chi connectivity index (χ1v) is 9.59. The van der Waals surface area contributed by atoms with E-state index in [1.165, 1.54) is 18.9 Å². The van der Waals surface area contributed by atoms with Crippen molar-refractivity contribution in [1.29, 1.82) is 0 Å². The number of hydrogen-bond donors (Lipinski definition) is 1. The standard InChI is InChI=1S/C21H22ClF3N2O/c1-14-8-10-27(11-9-14)13-15-2-4-16(5-3-15)20(28)26-19-7-6-17(22)12-18(19)21(23,24)25/h2-7,12,14H,8-11,13H2,1H3,(H,26,28). The van der Waals surface area contributed by atoms with Gasteiger partial charge >= 0.3 is 6.18 Å². The molecule has 7 heteroatoms. The highest BCUT2D eigenvalue weighted by atomic mass is 35.5. The van der Waals surface area contributed by atoms with Gasteiger partial charge in [-0.25, -0.2) is 0 Å². The number of rotatable bonds is 4. The van der Waals surface area contributed by atoms with Crippen molar-refractivity contribution in [3.63, 3.8) is 0 Å². The van der Waals surface area contributed by atoms with Crippen molar-refractivity contribution in [1.82, 2.24) is 4.90 Å². The molecule has 0 saturated carbocycles. The number of piperidine rings is 1. The SMILES string of the molecule is CC1CCN(Cc2ccc(C(=O)Nc3ccc(Cl)cc3C(F)(F)F)cc2)CC1. The lowest BCUT2D eigenvalue weighted by molar-refractivity contribution is -0.136. The van der Waals surface area contributed by atoms with E-state index in [9.17, 15) is 18.0 Å². The lowest BCUT2D eigenvalue weighted by Gasteiger charge is -2.30. The number of hydrogen-bond acceptors (Lipinski definition) is 2. The summed E-state index contributed by atoms with van der Waals surface area (Å²) < 4.78 is 39.5. The van der Waals surface area contributed by atoms with Gasteiger partial charge in [0.25, 0.3) is 5.91 Å². The molecule has 0 aliphatic carbocycles. The molecule has 0 unspecified atom stereocenters. The molecule has 2 aromatic rings. The lowest BCUT2D eigenvalue weighted by atomic mass is 9.99. The maximum atomic E-state index is 13.2. The average Bonchev–Trinajstić information content (AvgIpc) is 2.65. The van der Waals surface area contributed by atoms with Gasteiger partial charge in [0.05, 0.1) is 11.3 Å². The van der Waals surface area contributed by atoms with Gasteiger partial charge in [-0.15, -0.1) is 0 Å². The van der Waals surface area contributed by atoms with E-state index < -0.39 is 17.6 Å². The maximum absolute atomic E-state index is 13.2. The van der Waals surface area contributed by atoms with E-state index in [0.29, 0.717) is 5.56 Å². The van der Waals surface area contributed by atoms with E-state index in [0.717, 1.165) is 43.2 Å². The monoisotopic (exact) mass is 410 g/mol. The third-order valence-electron chi connectivity index (χ3n) is 5.03. The number of carbonyl (C=O) groups excluding carboxylic acids is 1. The largest absolute Gasteiger partial charge is 0.418 e. The van der Waals surface area contributed by atoms with Crippen LogP contribution in [-0.2, 0) is 12.7 Å². The molecule has 1 aliphatic rings. The molecule has 3 nitrogen and oxygen atoms in total. The molecule has 1 aliphatic heterocycles. The van der Waals surface area contributed by atoms with Crippen molar-refractivity contribution in [2.45, 2.75) is 32.5 Å². The van der Waals surface area contributed by atoms with Crippen LogP contribution < -0.4 is 5.32 Å². The summed E-state index contributed by atoms with van der Waals surface area (Å²) in [6.07, 6.45) is -2.24. The van der Waals surface area contributed by atoms with Crippen molar-refractivity contribution >= 4 is 23.2 Å². The Hall–Kier alpha value is -2.05. The molecule has 1 N–H and O–H groups in total. The Bertz CT molecular complexity index is 829. The van der Waals surface area contributed by atoms with Crippen molar-refractivity contribution in [3.8, 4) is 0 Å². The van der Waals surface area contributed by atoms with Crippen LogP contribution in [0.15, 0.2) is 42.5 Å². The normalized spacial score (nSPS) is 16.2. The molecule has 0 atom stereocenters. The Morgan fingerprint density at radius 2 is 1.79 bits per heavy atom. The summed E-state index contributed by atoms with van der Waals surface area (Å²) in [7, 11) is 0. The fraction of sp³-hybridized carbons (Fsp3) is 0.381. The van der Waals surface area contributed by atoms with Crippen LogP contribution in [-0.4, -0.2) is 23.9 Å². The van der Waals surface area contributed by atoms with Crippen LogP contribution in [0.3, 0.4) is 0 Å². The first-order valence-electron chi connectivity index (χ1n) is 9.22. The summed E-state index contributed by atoms with van der Waals surface area (Å²) >= 11 is 5.67. The van der Waals surface area contributed by atoms with Crippen LogP contribution in [0.2, 0.25) is 5.02 Å². The Morgan fingerprint density at radius 3 is 2.39 bits per heavy atom. The molecule has 2 aromatic carbocycles. The third kappa shape index (κ3) is 5.26. The second kappa shape index (κ2) is 8.53. The van der Waals surface area contributed by atoms with E-state index in [4.69, 9.17) is 11.6 Å². The number of alkyl halides is 3. The minimum atomic E-state index is -4.61. The van der Waals surface area contributed by atoms with Crippen molar-refractivity contribution in [2.24, 2.45) is 5.92 Å². The predicted octanol–water partition coefficient (Wildman–Crippen LogP) is 5.84. The van der Waals surface area contributed by atoms with Gasteiger partial charge in [-0.05, 0) is 67.7 Å². The van der Waals surface area contributed by atoms with Crippen LogP contribution >= 0.6 is 11.6 Å². The van der Waals surface area contributed by atoms with Crippen LogP contribution in [0.4, 0.5) is 18.9 Å². The van der Waals surface area contributed by atoms with Gasteiger partial charge < -0.3 is 5.32 Å². The Labute approximate surface area is 167 Å². The number of benzene rings is 2. The molecular formula is C21H22ClF3N2O. The predicted molar refractivity (Wildman–Crippen MR) is 105 cm³/mol. The fourth-order valence-electron chi connectivity index (χ4n) is 3.29.